The Morgan fingerprint density at radius 2 is 1.88 bits per heavy atom. The van der Waals surface area contributed by atoms with Crippen molar-refractivity contribution in [2.45, 2.75) is 0 Å². The van der Waals surface area contributed by atoms with Gasteiger partial charge in [0.2, 0.25) is 0 Å². The molecule has 2 N–H and O–H groups in total. The summed E-state index contributed by atoms with van der Waals surface area (Å²) in [7, 11) is 3.31. The van der Waals surface area contributed by atoms with E-state index in [1.807, 2.05) is 6.07 Å². The summed E-state index contributed by atoms with van der Waals surface area (Å²) < 4.78 is 1.43. The fourth-order valence-corrected chi connectivity index (χ4v) is 1.75. The molecule has 17 heavy (non-hydrogen) atoms. The van der Waals surface area contributed by atoms with Gasteiger partial charge in [-0.1, -0.05) is 18.2 Å². The minimum Gasteiger partial charge on any atom is -0.366 e. The first-order valence-electron chi connectivity index (χ1n) is 5.14. The first kappa shape index (κ1) is 11.2. The molecule has 88 valence electrons. The van der Waals surface area contributed by atoms with Crippen molar-refractivity contribution in [2.75, 3.05) is 14.1 Å². The van der Waals surface area contributed by atoms with Crippen LogP contribution in [-0.4, -0.2) is 35.5 Å². The van der Waals surface area contributed by atoms with Crippen LogP contribution in [-0.2, 0) is 0 Å². The summed E-state index contributed by atoms with van der Waals surface area (Å²) >= 11 is 0. The standard InChI is InChI=1S/C12H13N3O2/c1-14(2)12(17)15-7-9(11(13)16)8-5-3-4-6-10(8)15/h3-7H,1-2H3,(H2,13,16). The molecule has 1 aromatic carbocycles. The number of rotatable bonds is 1. The highest BCUT2D eigenvalue weighted by molar-refractivity contribution is 6.08. The van der Waals surface area contributed by atoms with E-state index in [1.54, 1.807) is 32.3 Å². The number of amides is 2. The number of carbonyl (C=O) groups excluding carboxylic acids is 2. The highest BCUT2D eigenvalue weighted by Gasteiger charge is 2.16. The van der Waals surface area contributed by atoms with Crippen LogP contribution in [0.5, 0.6) is 0 Å². The minimum atomic E-state index is -0.536. The van der Waals surface area contributed by atoms with Crippen LogP contribution >= 0.6 is 0 Å². The summed E-state index contributed by atoms with van der Waals surface area (Å²) in [6.07, 6.45) is 1.48. The molecule has 0 aliphatic heterocycles. The zero-order chi connectivity index (χ0) is 12.6. The number of primary amides is 1. The average Bonchev–Trinajstić information content (AvgIpc) is 2.67. The topological polar surface area (TPSA) is 68.3 Å². The Kier molecular flexibility index (Phi) is 2.59. The molecule has 0 unspecified atom stereocenters. The van der Waals surface area contributed by atoms with Gasteiger partial charge in [0.15, 0.2) is 0 Å². The second kappa shape index (κ2) is 3.93. The van der Waals surface area contributed by atoms with Crippen LogP contribution in [0.2, 0.25) is 0 Å². The van der Waals surface area contributed by atoms with Gasteiger partial charge in [-0.15, -0.1) is 0 Å². The predicted molar refractivity (Wildman–Crippen MR) is 64.9 cm³/mol. The molecule has 2 amide bonds. The van der Waals surface area contributed by atoms with Gasteiger partial charge in [-0.3, -0.25) is 9.36 Å². The van der Waals surface area contributed by atoms with Crippen LogP contribution in [0.25, 0.3) is 10.9 Å². The van der Waals surface area contributed by atoms with Crippen LogP contribution in [0.4, 0.5) is 4.79 Å². The van der Waals surface area contributed by atoms with Gasteiger partial charge >= 0.3 is 6.03 Å². The Morgan fingerprint density at radius 1 is 1.24 bits per heavy atom. The molecule has 5 heteroatoms. The molecular formula is C12H13N3O2. The lowest BCUT2D eigenvalue weighted by Crippen LogP contribution is -2.26. The molecule has 0 atom stereocenters. The summed E-state index contributed by atoms with van der Waals surface area (Å²) in [5.41, 5.74) is 6.33. The largest absolute Gasteiger partial charge is 0.366 e. The second-order valence-electron chi connectivity index (χ2n) is 3.97. The van der Waals surface area contributed by atoms with E-state index < -0.39 is 5.91 Å². The zero-order valence-electron chi connectivity index (χ0n) is 9.68. The number of carbonyl (C=O) groups is 2. The van der Waals surface area contributed by atoms with E-state index in [4.69, 9.17) is 5.73 Å². The molecule has 5 nitrogen and oxygen atoms in total. The normalized spacial score (nSPS) is 10.5. The molecule has 2 rings (SSSR count). The van der Waals surface area contributed by atoms with Gasteiger partial charge < -0.3 is 10.6 Å². The maximum atomic E-state index is 11.9. The predicted octanol–water partition coefficient (Wildman–Crippen LogP) is 1.27. The van der Waals surface area contributed by atoms with E-state index in [9.17, 15) is 9.59 Å². The van der Waals surface area contributed by atoms with E-state index in [2.05, 4.69) is 0 Å². The number of nitrogens with two attached hydrogens (primary N) is 1. The molecule has 0 fully saturated rings. The van der Waals surface area contributed by atoms with Crippen LogP contribution < -0.4 is 5.73 Å². The molecular weight excluding hydrogens is 218 g/mol. The molecule has 2 aromatic rings. The third-order valence-corrected chi connectivity index (χ3v) is 2.57. The molecule has 0 radical (unpaired) electrons. The molecule has 1 aromatic heterocycles. The third kappa shape index (κ3) is 1.75. The first-order valence-corrected chi connectivity index (χ1v) is 5.14. The number of para-hydroxylation sites is 1. The van der Waals surface area contributed by atoms with Crippen molar-refractivity contribution in [3.05, 3.63) is 36.0 Å². The van der Waals surface area contributed by atoms with E-state index in [0.29, 0.717) is 16.5 Å². The van der Waals surface area contributed by atoms with Crippen LogP contribution in [0.15, 0.2) is 30.5 Å². The second-order valence-corrected chi connectivity index (χ2v) is 3.97. The molecule has 0 saturated heterocycles. The summed E-state index contributed by atoms with van der Waals surface area (Å²) in [4.78, 5) is 24.7. The molecule has 0 aliphatic rings. The van der Waals surface area contributed by atoms with E-state index in [1.165, 1.54) is 15.7 Å². The van der Waals surface area contributed by atoms with Gasteiger partial charge in [0.1, 0.15) is 0 Å². The van der Waals surface area contributed by atoms with Crippen molar-refractivity contribution in [3.63, 3.8) is 0 Å². The van der Waals surface area contributed by atoms with Gasteiger partial charge in [-0.05, 0) is 6.07 Å². The Labute approximate surface area is 98.4 Å². The maximum absolute atomic E-state index is 11.9. The number of hydrogen-bond donors (Lipinski definition) is 1. The van der Waals surface area contributed by atoms with E-state index in [-0.39, 0.29) is 6.03 Å². The minimum absolute atomic E-state index is 0.214. The molecule has 0 spiro atoms. The fraction of sp³-hybridized carbons (Fsp3) is 0.167. The molecule has 1 heterocycles. The summed E-state index contributed by atoms with van der Waals surface area (Å²) in [6, 6.07) is 6.96. The quantitative estimate of drug-likeness (QED) is 0.803. The van der Waals surface area contributed by atoms with Gasteiger partial charge in [0.05, 0.1) is 11.1 Å². The van der Waals surface area contributed by atoms with Crippen molar-refractivity contribution < 1.29 is 9.59 Å². The van der Waals surface area contributed by atoms with Gasteiger partial charge in [0, 0.05) is 25.7 Å². The monoisotopic (exact) mass is 231 g/mol. The van der Waals surface area contributed by atoms with Crippen molar-refractivity contribution in [1.82, 2.24) is 9.47 Å². The lowest BCUT2D eigenvalue weighted by Gasteiger charge is -2.11. The van der Waals surface area contributed by atoms with Gasteiger partial charge in [0.25, 0.3) is 5.91 Å². The Hall–Kier alpha value is -2.30. The van der Waals surface area contributed by atoms with Gasteiger partial charge in [-0.2, -0.15) is 0 Å². The maximum Gasteiger partial charge on any atom is 0.328 e. The van der Waals surface area contributed by atoms with Crippen LogP contribution in [0.3, 0.4) is 0 Å². The number of benzene rings is 1. The Morgan fingerprint density at radius 3 is 2.47 bits per heavy atom. The molecule has 0 bridgehead atoms. The number of nitrogens with zero attached hydrogens (tertiary/aromatic N) is 2. The summed E-state index contributed by atoms with van der Waals surface area (Å²) in [5.74, 6) is -0.536. The van der Waals surface area contributed by atoms with Crippen molar-refractivity contribution in [1.29, 1.82) is 0 Å². The first-order chi connectivity index (χ1) is 8.02. The highest BCUT2D eigenvalue weighted by Crippen LogP contribution is 2.21. The van der Waals surface area contributed by atoms with Crippen molar-refractivity contribution in [2.24, 2.45) is 5.73 Å². The fourth-order valence-electron chi connectivity index (χ4n) is 1.75. The Bertz CT molecular complexity index is 599. The summed E-state index contributed by atoms with van der Waals surface area (Å²) in [6.45, 7) is 0. The lowest BCUT2D eigenvalue weighted by molar-refractivity contribution is 0.100. The number of hydrogen-bond acceptors (Lipinski definition) is 2. The smallest absolute Gasteiger partial charge is 0.328 e. The number of fused-ring (bicyclic) bond motifs is 1. The SMILES string of the molecule is CN(C)C(=O)n1cc(C(N)=O)c2ccccc21. The van der Waals surface area contributed by atoms with Crippen molar-refractivity contribution >= 4 is 22.8 Å². The highest BCUT2D eigenvalue weighted by atomic mass is 16.2. The van der Waals surface area contributed by atoms with Gasteiger partial charge in [-0.25, -0.2) is 4.79 Å². The van der Waals surface area contributed by atoms with E-state index >= 15 is 0 Å². The lowest BCUT2D eigenvalue weighted by atomic mass is 10.2. The summed E-state index contributed by atoms with van der Waals surface area (Å²) in [5, 5.41) is 0.690. The van der Waals surface area contributed by atoms with Crippen molar-refractivity contribution in [3.8, 4) is 0 Å². The molecule has 0 aliphatic carbocycles. The van der Waals surface area contributed by atoms with Crippen LogP contribution in [0.1, 0.15) is 10.4 Å². The molecule has 0 saturated carbocycles. The van der Waals surface area contributed by atoms with E-state index in [0.717, 1.165) is 0 Å². The third-order valence-electron chi connectivity index (χ3n) is 2.57. The number of aromatic nitrogens is 1. The Balaban J connectivity index is 2.73. The van der Waals surface area contributed by atoms with Crippen LogP contribution in [0, 0.1) is 0 Å². The zero-order valence-corrected chi connectivity index (χ0v) is 9.68. The average molecular weight is 231 g/mol.